The summed E-state index contributed by atoms with van der Waals surface area (Å²) < 4.78 is 10.7. The van der Waals surface area contributed by atoms with Gasteiger partial charge in [-0.2, -0.15) is 0 Å². The molecule has 1 fully saturated rings. The summed E-state index contributed by atoms with van der Waals surface area (Å²) in [5.74, 6) is -0.247. The van der Waals surface area contributed by atoms with Crippen molar-refractivity contribution in [1.82, 2.24) is 0 Å². The van der Waals surface area contributed by atoms with Crippen LogP contribution in [0, 0.1) is 0 Å². The molecule has 2 unspecified atom stereocenters. The number of fused-ring (bicyclic) bond motifs is 1. The molecule has 0 aromatic heterocycles. The van der Waals surface area contributed by atoms with E-state index in [-0.39, 0.29) is 5.97 Å². The van der Waals surface area contributed by atoms with Gasteiger partial charge in [0.2, 0.25) is 0 Å². The van der Waals surface area contributed by atoms with Crippen LogP contribution in [0.4, 0.5) is 0 Å². The molecule has 1 aromatic carbocycles. The summed E-state index contributed by atoms with van der Waals surface area (Å²) in [7, 11) is 0. The molecule has 0 amide bonds. The Bertz CT molecular complexity index is 509. The SMILES string of the molecule is CCOC(=O)C1OC1(C)c1ccc2c(c1)CCCC2. The zero-order valence-corrected chi connectivity index (χ0v) is 11.6. The molecular weight excluding hydrogens is 240 g/mol. The van der Waals surface area contributed by atoms with E-state index >= 15 is 0 Å². The maximum absolute atomic E-state index is 11.7. The molecule has 102 valence electrons. The highest BCUT2D eigenvalue weighted by Crippen LogP contribution is 2.47. The van der Waals surface area contributed by atoms with E-state index in [2.05, 4.69) is 18.2 Å². The van der Waals surface area contributed by atoms with E-state index < -0.39 is 11.7 Å². The van der Waals surface area contributed by atoms with Crippen LogP contribution in [0.1, 0.15) is 43.4 Å². The van der Waals surface area contributed by atoms with Gasteiger partial charge in [0.25, 0.3) is 0 Å². The first-order valence-electron chi connectivity index (χ1n) is 7.12. The number of benzene rings is 1. The molecule has 0 radical (unpaired) electrons. The topological polar surface area (TPSA) is 38.8 Å². The predicted octanol–water partition coefficient (Wildman–Crippen LogP) is 2.74. The lowest BCUT2D eigenvalue weighted by molar-refractivity contribution is -0.144. The van der Waals surface area contributed by atoms with Gasteiger partial charge in [0, 0.05) is 0 Å². The van der Waals surface area contributed by atoms with Gasteiger partial charge in [-0.3, -0.25) is 0 Å². The summed E-state index contributed by atoms with van der Waals surface area (Å²) in [4.78, 5) is 11.7. The lowest BCUT2D eigenvalue weighted by Gasteiger charge is -2.18. The fraction of sp³-hybridized carbons (Fsp3) is 0.562. The smallest absolute Gasteiger partial charge is 0.338 e. The number of carbonyl (C=O) groups is 1. The standard InChI is InChI=1S/C16H20O3/c1-3-18-15(17)14-16(2,19-14)13-9-8-11-6-4-5-7-12(11)10-13/h8-10,14H,3-7H2,1-2H3. The Balaban J connectivity index is 1.82. The minimum atomic E-state index is -0.487. The Morgan fingerprint density at radius 1 is 1.37 bits per heavy atom. The summed E-state index contributed by atoms with van der Waals surface area (Å²) in [6, 6.07) is 6.51. The van der Waals surface area contributed by atoms with Crippen molar-refractivity contribution in [2.24, 2.45) is 0 Å². The van der Waals surface area contributed by atoms with Crippen molar-refractivity contribution in [3.63, 3.8) is 0 Å². The predicted molar refractivity (Wildman–Crippen MR) is 71.9 cm³/mol. The van der Waals surface area contributed by atoms with Crippen molar-refractivity contribution in [1.29, 1.82) is 0 Å². The van der Waals surface area contributed by atoms with E-state index in [0.29, 0.717) is 6.61 Å². The highest BCUT2D eigenvalue weighted by atomic mass is 16.7. The number of hydrogen-bond donors (Lipinski definition) is 0. The normalized spacial score (nSPS) is 28.6. The maximum atomic E-state index is 11.7. The van der Waals surface area contributed by atoms with Crippen molar-refractivity contribution in [3.8, 4) is 0 Å². The molecule has 0 saturated carbocycles. The average Bonchev–Trinajstić information content (AvgIpc) is 3.12. The first-order chi connectivity index (χ1) is 9.15. The van der Waals surface area contributed by atoms with Gasteiger partial charge in [0.15, 0.2) is 6.10 Å². The minimum absolute atomic E-state index is 0.247. The zero-order valence-electron chi connectivity index (χ0n) is 11.6. The number of aryl methyl sites for hydroxylation is 2. The fourth-order valence-electron chi connectivity index (χ4n) is 2.96. The second kappa shape index (κ2) is 4.64. The van der Waals surface area contributed by atoms with Crippen LogP contribution in [-0.4, -0.2) is 18.7 Å². The Kier molecular flexibility index (Phi) is 3.09. The minimum Gasteiger partial charge on any atom is -0.464 e. The molecule has 0 bridgehead atoms. The second-order valence-electron chi connectivity index (χ2n) is 5.55. The number of carbonyl (C=O) groups excluding carboxylic acids is 1. The van der Waals surface area contributed by atoms with Crippen LogP contribution >= 0.6 is 0 Å². The molecule has 19 heavy (non-hydrogen) atoms. The quantitative estimate of drug-likeness (QED) is 0.619. The lowest BCUT2D eigenvalue weighted by Crippen LogP contribution is -2.19. The maximum Gasteiger partial charge on any atom is 0.338 e. The van der Waals surface area contributed by atoms with Gasteiger partial charge >= 0.3 is 5.97 Å². The van der Waals surface area contributed by atoms with Crippen molar-refractivity contribution in [2.45, 2.75) is 51.2 Å². The number of hydrogen-bond acceptors (Lipinski definition) is 3. The number of rotatable bonds is 3. The second-order valence-corrected chi connectivity index (χ2v) is 5.55. The summed E-state index contributed by atoms with van der Waals surface area (Å²) in [5, 5.41) is 0. The third-order valence-corrected chi connectivity index (χ3v) is 4.23. The van der Waals surface area contributed by atoms with Crippen LogP contribution in [0.25, 0.3) is 0 Å². The van der Waals surface area contributed by atoms with E-state index in [1.807, 2.05) is 13.8 Å². The van der Waals surface area contributed by atoms with E-state index in [0.717, 1.165) is 12.0 Å². The average molecular weight is 260 g/mol. The number of ether oxygens (including phenoxy) is 2. The number of esters is 1. The first-order valence-corrected chi connectivity index (χ1v) is 7.12. The Morgan fingerprint density at radius 2 is 2.11 bits per heavy atom. The fourth-order valence-corrected chi connectivity index (χ4v) is 2.96. The van der Waals surface area contributed by atoms with Gasteiger partial charge in [-0.1, -0.05) is 18.2 Å². The molecule has 1 heterocycles. The van der Waals surface area contributed by atoms with Crippen LogP contribution in [0.15, 0.2) is 18.2 Å². The summed E-state index contributed by atoms with van der Waals surface area (Å²) in [6.45, 7) is 4.19. The van der Waals surface area contributed by atoms with E-state index in [1.165, 1.54) is 30.4 Å². The van der Waals surface area contributed by atoms with E-state index in [9.17, 15) is 4.79 Å². The van der Waals surface area contributed by atoms with Crippen molar-refractivity contribution in [3.05, 3.63) is 34.9 Å². The third-order valence-electron chi connectivity index (χ3n) is 4.23. The molecule has 1 aliphatic carbocycles. The summed E-state index contributed by atoms with van der Waals surface area (Å²) in [6.07, 6.45) is 4.42. The monoisotopic (exact) mass is 260 g/mol. The van der Waals surface area contributed by atoms with Crippen LogP contribution in [0.2, 0.25) is 0 Å². The van der Waals surface area contributed by atoms with Crippen LogP contribution < -0.4 is 0 Å². The zero-order chi connectivity index (χ0) is 13.5. The summed E-state index contributed by atoms with van der Waals surface area (Å²) in [5.41, 5.74) is 3.49. The van der Waals surface area contributed by atoms with Crippen LogP contribution in [-0.2, 0) is 32.7 Å². The van der Waals surface area contributed by atoms with Gasteiger partial charge in [0.1, 0.15) is 5.60 Å². The molecule has 3 nitrogen and oxygen atoms in total. The molecule has 1 saturated heterocycles. The molecule has 0 N–H and O–H groups in total. The van der Waals surface area contributed by atoms with Gasteiger partial charge in [-0.25, -0.2) is 4.79 Å². The largest absolute Gasteiger partial charge is 0.464 e. The Hall–Kier alpha value is -1.35. The van der Waals surface area contributed by atoms with Crippen molar-refractivity contribution in [2.75, 3.05) is 6.61 Å². The van der Waals surface area contributed by atoms with Crippen molar-refractivity contribution < 1.29 is 14.3 Å². The van der Waals surface area contributed by atoms with Gasteiger partial charge in [0.05, 0.1) is 6.61 Å². The Morgan fingerprint density at radius 3 is 2.84 bits per heavy atom. The molecule has 2 aliphatic rings. The van der Waals surface area contributed by atoms with Crippen LogP contribution in [0.3, 0.4) is 0 Å². The first kappa shape index (κ1) is 12.7. The van der Waals surface area contributed by atoms with E-state index in [4.69, 9.17) is 9.47 Å². The van der Waals surface area contributed by atoms with Crippen LogP contribution in [0.5, 0.6) is 0 Å². The molecule has 1 aromatic rings. The third kappa shape index (κ3) is 2.16. The lowest BCUT2D eigenvalue weighted by atomic mass is 9.87. The van der Waals surface area contributed by atoms with Gasteiger partial charge in [-0.15, -0.1) is 0 Å². The Labute approximate surface area is 113 Å². The molecule has 2 atom stereocenters. The van der Waals surface area contributed by atoms with Gasteiger partial charge < -0.3 is 9.47 Å². The van der Waals surface area contributed by atoms with Crippen molar-refractivity contribution >= 4 is 5.97 Å². The summed E-state index contributed by atoms with van der Waals surface area (Å²) >= 11 is 0. The highest BCUT2D eigenvalue weighted by molar-refractivity contribution is 5.79. The molecule has 1 aliphatic heterocycles. The number of epoxide rings is 1. The molecule has 3 heteroatoms. The molecule has 0 spiro atoms. The van der Waals surface area contributed by atoms with E-state index in [1.54, 1.807) is 0 Å². The highest BCUT2D eigenvalue weighted by Gasteiger charge is 2.59. The van der Waals surface area contributed by atoms with Gasteiger partial charge in [-0.05, 0) is 56.2 Å². The molecular formula is C16H20O3. The molecule has 3 rings (SSSR count).